The van der Waals surface area contributed by atoms with Crippen LogP contribution in [0.15, 0.2) is 65.8 Å². The average molecular weight is 357 g/mol. The first-order valence-corrected chi connectivity index (χ1v) is 9.37. The molecule has 1 heterocycles. The van der Waals surface area contributed by atoms with Gasteiger partial charge in [0, 0.05) is 12.7 Å². The van der Waals surface area contributed by atoms with E-state index in [1.807, 2.05) is 37.3 Å². The fraction of sp³-hybridized carbons (Fsp3) is 0.167. The van der Waals surface area contributed by atoms with Gasteiger partial charge in [0.15, 0.2) is 0 Å². The molecule has 0 bridgehead atoms. The van der Waals surface area contributed by atoms with Crippen LogP contribution in [-0.2, 0) is 23.0 Å². The van der Waals surface area contributed by atoms with Gasteiger partial charge < -0.3 is 5.11 Å². The zero-order valence-corrected chi connectivity index (χ0v) is 14.6. The van der Waals surface area contributed by atoms with Crippen LogP contribution in [-0.4, -0.2) is 23.3 Å². The fourth-order valence-electron chi connectivity index (χ4n) is 2.47. The lowest BCUT2D eigenvalue weighted by molar-refractivity contribution is 0.477. The molecule has 25 heavy (non-hydrogen) atoms. The van der Waals surface area contributed by atoms with Crippen molar-refractivity contribution in [3.8, 4) is 5.75 Å². The van der Waals surface area contributed by atoms with Crippen LogP contribution in [0.2, 0.25) is 0 Å². The van der Waals surface area contributed by atoms with Crippen molar-refractivity contribution in [1.82, 2.24) is 9.78 Å². The van der Waals surface area contributed by atoms with Crippen molar-refractivity contribution in [3.63, 3.8) is 0 Å². The van der Waals surface area contributed by atoms with Gasteiger partial charge in [0.1, 0.15) is 10.6 Å². The van der Waals surface area contributed by atoms with E-state index in [4.69, 9.17) is 0 Å². The Morgan fingerprint density at radius 2 is 1.88 bits per heavy atom. The van der Waals surface area contributed by atoms with Crippen molar-refractivity contribution in [2.45, 2.75) is 24.8 Å². The molecule has 0 atom stereocenters. The lowest BCUT2D eigenvalue weighted by Crippen LogP contribution is -2.12. The summed E-state index contributed by atoms with van der Waals surface area (Å²) in [6.45, 7) is 2.45. The van der Waals surface area contributed by atoms with Gasteiger partial charge >= 0.3 is 0 Å². The molecular formula is C18H19N3O3S. The summed E-state index contributed by atoms with van der Waals surface area (Å²) in [5.41, 5.74) is 2.15. The molecule has 3 aromatic rings. The number of sulfonamides is 1. The molecule has 3 rings (SSSR count). The third kappa shape index (κ3) is 4.00. The number of phenols is 1. The first kappa shape index (κ1) is 17.0. The third-order valence-corrected chi connectivity index (χ3v) is 5.12. The quantitative estimate of drug-likeness (QED) is 0.664. The monoisotopic (exact) mass is 357 g/mol. The molecule has 0 unspecified atom stereocenters. The Bertz CT molecular complexity index is 966. The maximum atomic E-state index is 12.5. The molecule has 0 amide bonds. The van der Waals surface area contributed by atoms with Crippen LogP contribution in [0.3, 0.4) is 0 Å². The molecule has 2 N–H and O–H groups in total. The van der Waals surface area contributed by atoms with Crippen molar-refractivity contribution < 1.29 is 13.5 Å². The number of aromatic hydroxyl groups is 1. The third-order valence-electron chi connectivity index (χ3n) is 3.80. The second kappa shape index (κ2) is 6.98. The van der Waals surface area contributed by atoms with Gasteiger partial charge in [-0.25, -0.2) is 8.42 Å². The molecule has 0 aliphatic heterocycles. The number of rotatable bonds is 6. The average Bonchev–Trinajstić information content (AvgIpc) is 3.09. The Morgan fingerprint density at radius 3 is 2.56 bits per heavy atom. The topological polar surface area (TPSA) is 84.2 Å². The van der Waals surface area contributed by atoms with E-state index in [1.165, 1.54) is 23.1 Å². The predicted molar refractivity (Wildman–Crippen MR) is 96.1 cm³/mol. The van der Waals surface area contributed by atoms with Crippen molar-refractivity contribution >= 4 is 15.7 Å². The number of aryl methyl sites for hydroxylation is 1. The summed E-state index contributed by atoms with van der Waals surface area (Å²) in [6, 6.07) is 14.7. The second-order valence-electron chi connectivity index (χ2n) is 5.65. The molecule has 2 aromatic carbocycles. The Morgan fingerprint density at radius 1 is 1.12 bits per heavy atom. The predicted octanol–water partition coefficient (Wildman–Crippen LogP) is 3.00. The fourth-order valence-corrected chi connectivity index (χ4v) is 3.48. The highest BCUT2D eigenvalue weighted by Crippen LogP contribution is 2.28. The minimum Gasteiger partial charge on any atom is -0.506 e. The first-order valence-electron chi connectivity index (χ1n) is 7.89. The van der Waals surface area contributed by atoms with E-state index in [1.54, 1.807) is 12.1 Å². The van der Waals surface area contributed by atoms with Gasteiger partial charge in [-0.05, 0) is 36.6 Å². The molecule has 7 heteroatoms. The highest BCUT2D eigenvalue weighted by molar-refractivity contribution is 7.92. The lowest BCUT2D eigenvalue weighted by Gasteiger charge is -2.10. The van der Waals surface area contributed by atoms with Crippen LogP contribution in [0.25, 0.3) is 0 Å². The molecule has 0 saturated carbocycles. The summed E-state index contributed by atoms with van der Waals surface area (Å²) in [7, 11) is -3.81. The summed E-state index contributed by atoms with van der Waals surface area (Å²) in [5.74, 6) is -0.122. The minimum atomic E-state index is -3.81. The van der Waals surface area contributed by atoms with Gasteiger partial charge in [-0.1, -0.05) is 36.4 Å². The molecule has 0 fully saturated rings. The van der Waals surface area contributed by atoms with Crippen molar-refractivity contribution in [3.05, 3.63) is 72.1 Å². The first-order chi connectivity index (χ1) is 12.0. The minimum absolute atomic E-state index is 0.0576. The van der Waals surface area contributed by atoms with Crippen LogP contribution in [0.1, 0.15) is 18.1 Å². The van der Waals surface area contributed by atoms with Crippen molar-refractivity contribution in [2.24, 2.45) is 0 Å². The van der Waals surface area contributed by atoms with Gasteiger partial charge in [-0.15, -0.1) is 0 Å². The van der Waals surface area contributed by atoms with Gasteiger partial charge in [0.2, 0.25) is 0 Å². The Labute approximate surface area is 146 Å². The van der Waals surface area contributed by atoms with Crippen LogP contribution >= 0.6 is 0 Å². The standard InChI is InChI=1S/C18H19N3O3S/c1-2-21-13-16(12-19-21)25(23,24)20-17-11-15(8-9-18(17)22)10-14-6-4-3-5-7-14/h3-9,11-13,20,22H,2,10H2,1H3. The number of hydrogen-bond donors (Lipinski definition) is 2. The van der Waals surface area contributed by atoms with E-state index in [0.29, 0.717) is 13.0 Å². The maximum Gasteiger partial charge on any atom is 0.265 e. The van der Waals surface area contributed by atoms with E-state index in [-0.39, 0.29) is 16.3 Å². The van der Waals surface area contributed by atoms with Crippen LogP contribution in [0.5, 0.6) is 5.75 Å². The molecule has 0 radical (unpaired) electrons. The van der Waals surface area contributed by atoms with Crippen LogP contribution in [0.4, 0.5) is 5.69 Å². The van der Waals surface area contributed by atoms with E-state index < -0.39 is 10.0 Å². The Kier molecular flexibility index (Phi) is 4.76. The summed E-state index contributed by atoms with van der Waals surface area (Å²) >= 11 is 0. The molecular weight excluding hydrogens is 338 g/mol. The number of hydrogen-bond acceptors (Lipinski definition) is 4. The number of aromatic nitrogens is 2. The van der Waals surface area contributed by atoms with E-state index in [9.17, 15) is 13.5 Å². The van der Waals surface area contributed by atoms with Gasteiger partial charge in [-0.3, -0.25) is 9.40 Å². The van der Waals surface area contributed by atoms with Crippen LogP contribution < -0.4 is 4.72 Å². The highest BCUT2D eigenvalue weighted by Gasteiger charge is 2.18. The van der Waals surface area contributed by atoms with Gasteiger partial charge in [0.25, 0.3) is 10.0 Å². The smallest absolute Gasteiger partial charge is 0.265 e. The summed E-state index contributed by atoms with van der Waals surface area (Å²) in [4.78, 5) is 0.0576. The summed E-state index contributed by atoms with van der Waals surface area (Å²) < 4.78 is 28.9. The SMILES string of the molecule is CCn1cc(S(=O)(=O)Nc2cc(Cc3ccccc3)ccc2O)cn1. The van der Waals surface area contributed by atoms with E-state index >= 15 is 0 Å². The van der Waals surface area contributed by atoms with Crippen LogP contribution in [0, 0.1) is 0 Å². The highest BCUT2D eigenvalue weighted by atomic mass is 32.2. The molecule has 0 aliphatic carbocycles. The zero-order chi connectivity index (χ0) is 17.9. The molecule has 1 aromatic heterocycles. The van der Waals surface area contributed by atoms with Crippen molar-refractivity contribution in [1.29, 1.82) is 0 Å². The lowest BCUT2D eigenvalue weighted by atomic mass is 10.0. The molecule has 0 aliphatic rings. The molecule has 6 nitrogen and oxygen atoms in total. The molecule has 130 valence electrons. The molecule has 0 spiro atoms. The van der Waals surface area contributed by atoms with Gasteiger partial charge in [0.05, 0.1) is 11.9 Å². The van der Waals surface area contributed by atoms with E-state index in [2.05, 4.69) is 9.82 Å². The number of nitrogens with one attached hydrogen (secondary N) is 1. The second-order valence-corrected chi connectivity index (χ2v) is 7.33. The van der Waals surface area contributed by atoms with Gasteiger partial charge in [-0.2, -0.15) is 5.10 Å². The Balaban J connectivity index is 1.85. The number of anilines is 1. The normalized spacial score (nSPS) is 11.4. The number of nitrogens with zero attached hydrogens (tertiary/aromatic N) is 2. The zero-order valence-electron chi connectivity index (χ0n) is 13.8. The molecule has 0 saturated heterocycles. The Hall–Kier alpha value is -2.80. The van der Waals surface area contributed by atoms with E-state index in [0.717, 1.165) is 11.1 Å². The summed E-state index contributed by atoms with van der Waals surface area (Å²) in [6.07, 6.45) is 3.38. The summed E-state index contributed by atoms with van der Waals surface area (Å²) in [5, 5.41) is 14.0. The maximum absolute atomic E-state index is 12.5. The van der Waals surface area contributed by atoms with Crippen molar-refractivity contribution in [2.75, 3.05) is 4.72 Å². The number of benzene rings is 2. The largest absolute Gasteiger partial charge is 0.506 e. The number of phenolic OH excluding ortho intramolecular Hbond substituents is 1.